The lowest BCUT2D eigenvalue weighted by Gasteiger charge is -2.33. The number of amides is 1. The van der Waals surface area contributed by atoms with Gasteiger partial charge in [0.15, 0.2) is 5.82 Å². The number of hydrogen-bond donors (Lipinski definition) is 1. The Balaban J connectivity index is 1.56. The fourth-order valence-electron chi connectivity index (χ4n) is 3.67. The van der Waals surface area contributed by atoms with E-state index in [9.17, 15) is 4.79 Å². The van der Waals surface area contributed by atoms with Crippen molar-refractivity contribution >= 4 is 40.0 Å². The first-order valence-electron chi connectivity index (χ1n) is 10.3. The van der Waals surface area contributed by atoms with Gasteiger partial charge in [0.25, 0.3) is 5.88 Å². The number of fused-ring (bicyclic) bond motifs is 1. The number of piperidine rings is 1. The third-order valence-electron chi connectivity index (χ3n) is 5.15. The van der Waals surface area contributed by atoms with E-state index in [0.717, 1.165) is 36.8 Å². The Bertz CT molecular complexity index is 1040. The second kappa shape index (κ2) is 9.30. The first-order chi connectivity index (χ1) is 14.6. The molecule has 1 amide bonds. The van der Waals surface area contributed by atoms with Crippen LogP contribution in [0.4, 0.5) is 11.5 Å². The molecule has 2 aromatic carbocycles. The molecule has 6 nitrogen and oxygen atoms in total. The second-order valence-corrected chi connectivity index (χ2v) is 7.91. The Morgan fingerprint density at radius 2 is 2.00 bits per heavy atom. The maximum atomic E-state index is 12.9. The lowest BCUT2D eigenvalue weighted by atomic mass is 9.97. The molecule has 1 fully saturated rings. The van der Waals surface area contributed by atoms with E-state index in [0.29, 0.717) is 35.6 Å². The summed E-state index contributed by atoms with van der Waals surface area (Å²) in [5.74, 6) is 1.09. The molecule has 1 saturated heterocycles. The summed E-state index contributed by atoms with van der Waals surface area (Å²) in [6.45, 7) is 4.02. The molecule has 1 aromatic heterocycles. The van der Waals surface area contributed by atoms with Crippen molar-refractivity contribution in [2.24, 2.45) is 5.92 Å². The Morgan fingerprint density at radius 1 is 1.20 bits per heavy atom. The normalized spacial score (nSPS) is 16.5. The minimum atomic E-state index is -0.148. The first kappa shape index (κ1) is 20.4. The average molecular weight is 425 g/mol. The number of rotatable bonds is 6. The van der Waals surface area contributed by atoms with Gasteiger partial charge >= 0.3 is 0 Å². The third kappa shape index (κ3) is 4.65. The van der Waals surface area contributed by atoms with Gasteiger partial charge in [0, 0.05) is 23.8 Å². The van der Waals surface area contributed by atoms with Crippen molar-refractivity contribution < 1.29 is 9.53 Å². The minimum Gasteiger partial charge on any atom is -0.475 e. The van der Waals surface area contributed by atoms with Gasteiger partial charge in [0.05, 0.1) is 23.6 Å². The highest BCUT2D eigenvalue weighted by molar-refractivity contribution is 6.30. The Labute approximate surface area is 181 Å². The van der Waals surface area contributed by atoms with Crippen molar-refractivity contribution in [3.8, 4) is 5.88 Å². The van der Waals surface area contributed by atoms with Gasteiger partial charge in [-0.15, -0.1) is 0 Å². The number of anilines is 2. The van der Waals surface area contributed by atoms with Crippen LogP contribution in [0, 0.1) is 5.92 Å². The van der Waals surface area contributed by atoms with Gasteiger partial charge in [0.2, 0.25) is 5.91 Å². The SMILES string of the molecule is CCCOc1nc2ccccc2nc1N1CCC[C@@H](C(=O)Nc2cccc(Cl)c2)C1. The standard InChI is InChI=1S/C23H25ClN4O2/c1-2-13-30-23-21(26-19-10-3-4-11-20(19)27-23)28-12-6-7-16(15-28)22(29)25-18-9-5-8-17(24)14-18/h3-5,8-11,14,16H,2,6-7,12-13,15H2,1H3,(H,25,29)/t16-/m1/s1. The maximum absolute atomic E-state index is 12.9. The van der Waals surface area contributed by atoms with E-state index in [4.69, 9.17) is 26.3 Å². The molecule has 2 heterocycles. The van der Waals surface area contributed by atoms with E-state index < -0.39 is 0 Å². The zero-order chi connectivity index (χ0) is 20.9. The number of aromatic nitrogens is 2. The maximum Gasteiger partial charge on any atom is 0.258 e. The fraction of sp³-hybridized carbons (Fsp3) is 0.348. The summed E-state index contributed by atoms with van der Waals surface area (Å²) in [5.41, 5.74) is 2.34. The van der Waals surface area contributed by atoms with E-state index >= 15 is 0 Å². The molecule has 4 rings (SSSR count). The summed E-state index contributed by atoms with van der Waals surface area (Å²) in [5, 5.41) is 3.58. The molecule has 1 N–H and O–H groups in total. The summed E-state index contributed by atoms with van der Waals surface area (Å²) in [4.78, 5) is 24.5. The molecule has 0 radical (unpaired) electrons. The number of nitrogens with one attached hydrogen (secondary N) is 1. The molecule has 7 heteroatoms. The minimum absolute atomic E-state index is 0.00765. The molecule has 30 heavy (non-hydrogen) atoms. The molecule has 0 spiro atoms. The lowest BCUT2D eigenvalue weighted by Crippen LogP contribution is -2.41. The van der Waals surface area contributed by atoms with E-state index in [1.54, 1.807) is 12.1 Å². The largest absolute Gasteiger partial charge is 0.475 e. The number of para-hydroxylation sites is 2. The molecule has 156 valence electrons. The van der Waals surface area contributed by atoms with Crippen LogP contribution in [0.15, 0.2) is 48.5 Å². The second-order valence-electron chi connectivity index (χ2n) is 7.47. The van der Waals surface area contributed by atoms with Crippen LogP contribution in [0.2, 0.25) is 5.02 Å². The van der Waals surface area contributed by atoms with Gasteiger partial charge in [0.1, 0.15) is 0 Å². The van der Waals surface area contributed by atoms with E-state index in [1.807, 2.05) is 36.4 Å². The van der Waals surface area contributed by atoms with Gasteiger partial charge in [-0.2, -0.15) is 0 Å². The zero-order valence-corrected chi connectivity index (χ0v) is 17.7. The first-order valence-corrected chi connectivity index (χ1v) is 10.7. The van der Waals surface area contributed by atoms with Gasteiger partial charge in [-0.25, -0.2) is 9.97 Å². The molecule has 1 aliphatic rings. The molecule has 0 aliphatic carbocycles. The number of benzene rings is 2. The topological polar surface area (TPSA) is 67.4 Å². The lowest BCUT2D eigenvalue weighted by molar-refractivity contribution is -0.120. The van der Waals surface area contributed by atoms with Crippen LogP contribution in [0.5, 0.6) is 5.88 Å². The number of carbonyl (C=O) groups excluding carboxylic acids is 1. The number of carbonyl (C=O) groups is 1. The van der Waals surface area contributed by atoms with E-state index in [-0.39, 0.29) is 11.8 Å². The molecular weight excluding hydrogens is 400 g/mol. The third-order valence-corrected chi connectivity index (χ3v) is 5.38. The smallest absolute Gasteiger partial charge is 0.258 e. The quantitative estimate of drug-likeness (QED) is 0.607. The van der Waals surface area contributed by atoms with Crippen LogP contribution >= 0.6 is 11.6 Å². The predicted molar refractivity (Wildman–Crippen MR) is 120 cm³/mol. The number of nitrogens with zero attached hydrogens (tertiary/aromatic N) is 3. The number of hydrogen-bond acceptors (Lipinski definition) is 5. The van der Waals surface area contributed by atoms with Gasteiger partial charge in [-0.1, -0.05) is 36.7 Å². The highest BCUT2D eigenvalue weighted by Crippen LogP contribution is 2.31. The number of halogens is 1. The van der Waals surface area contributed by atoms with Crippen molar-refractivity contribution in [2.45, 2.75) is 26.2 Å². The Hall–Kier alpha value is -2.86. The zero-order valence-electron chi connectivity index (χ0n) is 17.0. The van der Waals surface area contributed by atoms with Crippen LogP contribution < -0.4 is 15.0 Å². The van der Waals surface area contributed by atoms with Crippen LogP contribution in [-0.4, -0.2) is 35.6 Å². The molecule has 1 atom stereocenters. The van der Waals surface area contributed by atoms with E-state index in [1.165, 1.54) is 0 Å². The van der Waals surface area contributed by atoms with Gasteiger partial charge in [-0.05, 0) is 49.6 Å². The van der Waals surface area contributed by atoms with Crippen LogP contribution in [-0.2, 0) is 4.79 Å². The molecule has 0 unspecified atom stereocenters. The summed E-state index contributed by atoms with van der Waals surface area (Å²) in [7, 11) is 0. The molecule has 1 aliphatic heterocycles. The van der Waals surface area contributed by atoms with Crippen molar-refractivity contribution in [1.29, 1.82) is 0 Å². The fourth-order valence-corrected chi connectivity index (χ4v) is 3.86. The highest BCUT2D eigenvalue weighted by Gasteiger charge is 2.29. The average Bonchev–Trinajstić information content (AvgIpc) is 2.77. The van der Waals surface area contributed by atoms with Gasteiger partial charge < -0.3 is 15.0 Å². The van der Waals surface area contributed by atoms with Crippen molar-refractivity contribution in [1.82, 2.24) is 9.97 Å². The molecule has 0 saturated carbocycles. The Morgan fingerprint density at radius 3 is 2.77 bits per heavy atom. The molecule has 3 aromatic rings. The predicted octanol–water partition coefficient (Wildman–Crippen LogP) is 4.93. The van der Waals surface area contributed by atoms with Crippen molar-refractivity contribution in [3.63, 3.8) is 0 Å². The Kier molecular flexibility index (Phi) is 6.33. The number of ether oxygens (including phenoxy) is 1. The van der Waals surface area contributed by atoms with Crippen LogP contribution in [0.25, 0.3) is 11.0 Å². The van der Waals surface area contributed by atoms with Crippen molar-refractivity contribution in [3.05, 3.63) is 53.6 Å². The van der Waals surface area contributed by atoms with Crippen molar-refractivity contribution in [2.75, 3.05) is 29.9 Å². The van der Waals surface area contributed by atoms with Crippen LogP contribution in [0.3, 0.4) is 0 Å². The summed E-state index contributed by atoms with van der Waals surface area (Å²) in [6, 6.07) is 15.0. The summed E-state index contributed by atoms with van der Waals surface area (Å²) < 4.78 is 5.92. The summed E-state index contributed by atoms with van der Waals surface area (Å²) >= 11 is 6.04. The molecular formula is C23H25ClN4O2. The molecule has 0 bridgehead atoms. The van der Waals surface area contributed by atoms with E-state index in [2.05, 4.69) is 17.1 Å². The summed E-state index contributed by atoms with van der Waals surface area (Å²) in [6.07, 6.45) is 2.61. The van der Waals surface area contributed by atoms with Gasteiger partial charge in [-0.3, -0.25) is 4.79 Å². The van der Waals surface area contributed by atoms with Crippen LogP contribution in [0.1, 0.15) is 26.2 Å². The highest BCUT2D eigenvalue weighted by atomic mass is 35.5. The monoisotopic (exact) mass is 424 g/mol.